The second-order valence-electron chi connectivity index (χ2n) is 6.32. The van der Waals surface area contributed by atoms with Crippen molar-refractivity contribution in [3.05, 3.63) is 70.9 Å². The van der Waals surface area contributed by atoms with Gasteiger partial charge < -0.3 is 10.6 Å². The monoisotopic (exact) mass is 362 g/mol. The number of rotatable bonds is 5. The molecule has 1 heterocycles. The van der Waals surface area contributed by atoms with Gasteiger partial charge in [0, 0.05) is 22.9 Å². The van der Waals surface area contributed by atoms with Gasteiger partial charge in [-0.2, -0.15) is 0 Å². The third-order valence-electron chi connectivity index (χ3n) is 4.31. The number of hydrogen-bond acceptors (Lipinski definition) is 3. The lowest BCUT2D eigenvalue weighted by Crippen LogP contribution is -2.14. The third-order valence-corrected chi connectivity index (χ3v) is 5.23. The van der Waals surface area contributed by atoms with Crippen molar-refractivity contribution in [1.29, 1.82) is 0 Å². The fraction of sp³-hybridized carbons (Fsp3) is 0.143. The van der Waals surface area contributed by atoms with Crippen LogP contribution in [-0.4, -0.2) is 11.8 Å². The summed E-state index contributed by atoms with van der Waals surface area (Å²) in [5, 5.41) is 7.75. The van der Waals surface area contributed by atoms with Gasteiger partial charge in [-0.15, -0.1) is 11.3 Å². The Balaban J connectivity index is 1.45. The van der Waals surface area contributed by atoms with Crippen molar-refractivity contribution < 1.29 is 9.59 Å². The maximum atomic E-state index is 12.7. The molecule has 1 fully saturated rings. The lowest BCUT2D eigenvalue weighted by molar-refractivity contribution is -0.117. The summed E-state index contributed by atoms with van der Waals surface area (Å²) < 4.78 is 0. The zero-order valence-corrected chi connectivity index (χ0v) is 14.9. The van der Waals surface area contributed by atoms with Gasteiger partial charge in [-0.05, 0) is 54.1 Å². The summed E-state index contributed by atoms with van der Waals surface area (Å²) in [6, 6.07) is 19.1. The largest absolute Gasteiger partial charge is 0.326 e. The van der Waals surface area contributed by atoms with Crippen molar-refractivity contribution in [2.75, 3.05) is 10.6 Å². The smallest absolute Gasteiger partial charge is 0.266 e. The highest BCUT2D eigenvalue weighted by Crippen LogP contribution is 2.31. The molecule has 0 aliphatic heterocycles. The first-order valence-corrected chi connectivity index (χ1v) is 9.44. The van der Waals surface area contributed by atoms with Crippen molar-refractivity contribution >= 4 is 34.5 Å². The minimum Gasteiger partial charge on any atom is -0.326 e. The van der Waals surface area contributed by atoms with E-state index in [0.29, 0.717) is 10.6 Å². The normalized spacial score (nSPS) is 13.2. The Morgan fingerprint density at radius 3 is 2.15 bits per heavy atom. The SMILES string of the molecule is O=C(Nc1ccc(NC(=O)C2CC2)cc1)c1sccc1-c1ccccc1. The minimum absolute atomic E-state index is 0.0767. The molecular weight excluding hydrogens is 344 g/mol. The van der Waals surface area contributed by atoms with Crippen LogP contribution in [0.25, 0.3) is 11.1 Å². The average Bonchev–Trinajstić information content (AvgIpc) is 3.40. The molecule has 4 nitrogen and oxygen atoms in total. The van der Waals surface area contributed by atoms with Gasteiger partial charge in [0.25, 0.3) is 5.91 Å². The number of nitrogens with one attached hydrogen (secondary N) is 2. The van der Waals surface area contributed by atoms with Crippen LogP contribution in [0.3, 0.4) is 0 Å². The van der Waals surface area contributed by atoms with Crippen molar-refractivity contribution in [3.8, 4) is 11.1 Å². The van der Waals surface area contributed by atoms with Crippen LogP contribution in [0.1, 0.15) is 22.5 Å². The average molecular weight is 362 g/mol. The van der Waals surface area contributed by atoms with Crippen LogP contribution in [0.2, 0.25) is 0 Å². The molecule has 0 unspecified atom stereocenters. The first-order chi connectivity index (χ1) is 12.7. The van der Waals surface area contributed by atoms with Crippen LogP contribution in [0.5, 0.6) is 0 Å². The van der Waals surface area contributed by atoms with E-state index in [-0.39, 0.29) is 17.7 Å². The summed E-state index contributed by atoms with van der Waals surface area (Å²) in [6.45, 7) is 0. The predicted octanol–water partition coefficient (Wildman–Crippen LogP) is 5.02. The second kappa shape index (κ2) is 7.14. The summed E-state index contributed by atoms with van der Waals surface area (Å²) in [6.07, 6.45) is 1.95. The van der Waals surface area contributed by atoms with Crippen molar-refractivity contribution in [1.82, 2.24) is 0 Å². The first kappa shape index (κ1) is 16.5. The molecule has 0 spiro atoms. The number of anilines is 2. The molecule has 0 saturated heterocycles. The van der Waals surface area contributed by atoms with E-state index in [1.807, 2.05) is 53.9 Å². The van der Waals surface area contributed by atoms with Gasteiger partial charge in [0.2, 0.25) is 5.91 Å². The summed E-state index contributed by atoms with van der Waals surface area (Å²) >= 11 is 1.42. The third kappa shape index (κ3) is 3.68. The topological polar surface area (TPSA) is 58.2 Å². The Hall–Kier alpha value is -2.92. The molecule has 3 aromatic rings. The fourth-order valence-electron chi connectivity index (χ4n) is 2.74. The van der Waals surface area contributed by atoms with E-state index in [1.54, 1.807) is 12.1 Å². The van der Waals surface area contributed by atoms with Crippen LogP contribution in [0.15, 0.2) is 66.0 Å². The van der Waals surface area contributed by atoms with E-state index in [9.17, 15) is 9.59 Å². The van der Waals surface area contributed by atoms with Crippen molar-refractivity contribution in [2.45, 2.75) is 12.8 Å². The number of thiophene rings is 1. The van der Waals surface area contributed by atoms with E-state index in [4.69, 9.17) is 0 Å². The van der Waals surface area contributed by atoms with Crippen LogP contribution in [0.4, 0.5) is 11.4 Å². The quantitative estimate of drug-likeness (QED) is 0.670. The van der Waals surface area contributed by atoms with Gasteiger partial charge in [-0.25, -0.2) is 0 Å². The molecule has 1 saturated carbocycles. The molecule has 1 aliphatic carbocycles. The molecule has 5 heteroatoms. The Morgan fingerprint density at radius 1 is 0.846 bits per heavy atom. The lowest BCUT2D eigenvalue weighted by Gasteiger charge is -2.08. The van der Waals surface area contributed by atoms with Gasteiger partial charge in [0.15, 0.2) is 0 Å². The van der Waals surface area contributed by atoms with E-state index in [0.717, 1.165) is 29.7 Å². The van der Waals surface area contributed by atoms with Gasteiger partial charge >= 0.3 is 0 Å². The molecule has 2 N–H and O–H groups in total. The van der Waals surface area contributed by atoms with Gasteiger partial charge in [0.05, 0.1) is 4.88 Å². The molecule has 0 atom stereocenters. The Labute approximate surface area is 155 Å². The lowest BCUT2D eigenvalue weighted by atomic mass is 10.1. The number of benzene rings is 2. The van der Waals surface area contributed by atoms with Crippen molar-refractivity contribution in [3.63, 3.8) is 0 Å². The van der Waals surface area contributed by atoms with E-state index in [2.05, 4.69) is 10.6 Å². The molecular formula is C21H18N2O2S. The Bertz CT molecular complexity index is 928. The number of amides is 2. The molecule has 0 radical (unpaired) electrons. The summed E-state index contributed by atoms with van der Waals surface area (Å²) in [4.78, 5) is 25.1. The highest BCUT2D eigenvalue weighted by Gasteiger charge is 2.29. The maximum Gasteiger partial charge on any atom is 0.266 e. The molecule has 1 aliphatic rings. The summed E-state index contributed by atoms with van der Waals surface area (Å²) in [5.74, 6) is 0.117. The van der Waals surface area contributed by atoms with Gasteiger partial charge in [-0.3, -0.25) is 9.59 Å². The summed E-state index contributed by atoms with van der Waals surface area (Å²) in [7, 11) is 0. The van der Waals surface area contributed by atoms with Gasteiger partial charge in [0.1, 0.15) is 0 Å². The first-order valence-electron chi connectivity index (χ1n) is 8.56. The molecule has 0 bridgehead atoms. The van der Waals surface area contributed by atoms with Crippen LogP contribution in [0, 0.1) is 5.92 Å². The second-order valence-corrected chi connectivity index (χ2v) is 7.24. The molecule has 26 heavy (non-hydrogen) atoms. The van der Waals surface area contributed by atoms with Crippen molar-refractivity contribution in [2.24, 2.45) is 5.92 Å². The Kier molecular flexibility index (Phi) is 4.54. The highest BCUT2D eigenvalue weighted by atomic mass is 32.1. The number of carbonyl (C=O) groups is 2. The highest BCUT2D eigenvalue weighted by molar-refractivity contribution is 7.12. The van der Waals surface area contributed by atoms with E-state index in [1.165, 1.54) is 11.3 Å². The van der Waals surface area contributed by atoms with Gasteiger partial charge in [-0.1, -0.05) is 30.3 Å². The number of hydrogen-bond donors (Lipinski definition) is 2. The molecule has 1 aromatic heterocycles. The fourth-order valence-corrected chi connectivity index (χ4v) is 3.56. The molecule has 4 rings (SSSR count). The molecule has 130 valence electrons. The Morgan fingerprint density at radius 2 is 1.50 bits per heavy atom. The molecule has 2 aromatic carbocycles. The standard InChI is InChI=1S/C21H18N2O2S/c24-20(15-6-7-15)22-16-8-10-17(11-9-16)23-21(25)19-18(12-13-26-19)14-4-2-1-3-5-14/h1-5,8-13,15H,6-7H2,(H,22,24)(H,23,25). The maximum absolute atomic E-state index is 12.7. The minimum atomic E-state index is -0.131. The van der Waals surface area contributed by atoms with Crippen LogP contribution >= 0.6 is 11.3 Å². The predicted molar refractivity (Wildman–Crippen MR) is 106 cm³/mol. The number of carbonyl (C=O) groups excluding carboxylic acids is 2. The van der Waals surface area contributed by atoms with E-state index < -0.39 is 0 Å². The zero-order chi connectivity index (χ0) is 17.9. The van der Waals surface area contributed by atoms with Crippen LogP contribution in [-0.2, 0) is 4.79 Å². The van der Waals surface area contributed by atoms with Crippen LogP contribution < -0.4 is 10.6 Å². The van der Waals surface area contributed by atoms with E-state index >= 15 is 0 Å². The zero-order valence-electron chi connectivity index (χ0n) is 14.1. The molecule has 2 amide bonds. The summed E-state index contributed by atoms with van der Waals surface area (Å²) in [5.41, 5.74) is 3.41.